The highest BCUT2D eigenvalue weighted by Crippen LogP contribution is 2.22. The van der Waals surface area contributed by atoms with E-state index in [0.717, 1.165) is 18.2 Å². The van der Waals surface area contributed by atoms with Crippen LogP contribution >= 0.6 is 12.4 Å². The minimum Gasteiger partial charge on any atom is -0.489 e. The van der Waals surface area contributed by atoms with Crippen molar-refractivity contribution in [3.05, 3.63) is 34.1 Å². The number of benzene rings is 1. The van der Waals surface area contributed by atoms with Crippen LogP contribution in [0.15, 0.2) is 18.2 Å². The van der Waals surface area contributed by atoms with Crippen molar-refractivity contribution in [2.75, 3.05) is 13.2 Å². The van der Waals surface area contributed by atoms with Crippen molar-refractivity contribution >= 4 is 18.1 Å². The summed E-state index contributed by atoms with van der Waals surface area (Å²) in [7, 11) is 0. The highest BCUT2D eigenvalue weighted by Gasteiger charge is 2.11. The molecular weight excluding hydrogens is 227 g/mol. The number of nitrogens with two attached hydrogens (primary N) is 1. The van der Waals surface area contributed by atoms with Gasteiger partial charge in [-0.2, -0.15) is 0 Å². The third-order valence-corrected chi connectivity index (χ3v) is 1.50. The first-order valence-corrected chi connectivity index (χ1v) is 3.92. The Morgan fingerprint density at radius 2 is 2.20 bits per heavy atom. The maximum absolute atomic E-state index is 13.0. The summed E-state index contributed by atoms with van der Waals surface area (Å²) in [5, 5.41) is 10.3. The molecule has 1 aromatic carbocycles. The van der Waals surface area contributed by atoms with E-state index in [9.17, 15) is 14.5 Å². The number of nitro groups is 1. The molecule has 7 heteroatoms. The topological polar surface area (TPSA) is 78.4 Å². The van der Waals surface area contributed by atoms with Crippen molar-refractivity contribution in [2.45, 2.75) is 0 Å². The van der Waals surface area contributed by atoms with Gasteiger partial charge in [-0.25, -0.2) is 4.39 Å². The monoisotopic (exact) mass is 236 g/mol. The fourth-order valence-electron chi connectivity index (χ4n) is 0.885. The van der Waals surface area contributed by atoms with Gasteiger partial charge in [-0.15, -0.1) is 12.4 Å². The van der Waals surface area contributed by atoms with Crippen LogP contribution in [-0.2, 0) is 0 Å². The van der Waals surface area contributed by atoms with E-state index in [-0.39, 0.29) is 37.0 Å². The minimum absolute atomic E-state index is 0. The van der Waals surface area contributed by atoms with Gasteiger partial charge >= 0.3 is 0 Å². The number of hydrogen-bond acceptors (Lipinski definition) is 4. The van der Waals surface area contributed by atoms with Crippen LogP contribution in [-0.4, -0.2) is 18.1 Å². The maximum atomic E-state index is 13.0. The van der Waals surface area contributed by atoms with Crippen LogP contribution < -0.4 is 10.5 Å². The third-order valence-electron chi connectivity index (χ3n) is 1.50. The molecule has 84 valence electrons. The van der Waals surface area contributed by atoms with Crippen molar-refractivity contribution in [2.24, 2.45) is 5.73 Å². The molecule has 0 aliphatic rings. The standard InChI is InChI=1S/C8H9FN2O3.ClH/c9-7-2-1-6(11(12)13)5-8(7)14-4-3-10;/h1-2,5H,3-4,10H2;1H. The van der Waals surface area contributed by atoms with Gasteiger partial charge in [-0.05, 0) is 6.07 Å². The van der Waals surface area contributed by atoms with Crippen LogP contribution in [0.25, 0.3) is 0 Å². The molecule has 0 amide bonds. The van der Waals surface area contributed by atoms with Crippen molar-refractivity contribution in [1.29, 1.82) is 0 Å². The van der Waals surface area contributed by atoms with Gasteiger partial charge in [0.05, 0.1) is 11.0 Å². The molecule has 5 nitrogen and oxygen atoms in total. The molecular formula is C8H10ClFN2O3. The highest BCUT2D eigenvalue weighted by molar-refractivity contribution is 5.85. The summed E-state index contributed by atoms with van der Waals surface area (Å²) in [5.74, 6) is -0.784. The molecule has 0 aromatic heterocycles. The van der Waals surface area contributed by atoms with Gasteiger partial charge in [-0.3, -0.25) is 10.1 Å². The second-order valence-corrected chi connectivity index (χ2v) is 2.51. The lowest BCUT2D eigenvalue weighted by Gasteiger charge is -2.04. The zero-order chi connectivity index (χ0) is 10.6. The number of nitrogens with zero attached hydrogens (tertiary/aromatic N) is 1. The van der Waals surface area contributed by atoms with Crippen molar-refractivity contribution < 1.29 is 14.1 Å². The zero-order valence-electron chi connectivity index (χ0n) is 7.68. The van der Waals surface area contributed by atoms with Crippen LogP contribution in [0.4, 0.5) is 10.1 Å². The van der Waals surface area contributed by atoms with E-state index in [1.54, 1.807) is 0 Å². The van der Waals surface area contributed by atoms with Crippen LogP contribution in [0, 0.1) is 15.9 Å². The fourth-order valence-corrected chi connectivity index (χ4v) is 0.885. The summed E-state index contributed by atoms with van der Waals surface area (Å²) < 4.78 is 17.8. The largest absolute Gasteiger partial charge is 0.489 e. The minimum atomic E-state index is -0.635. The Kier molecular flexibility index (Phi) is 5.58. The molecule has 0 spiro atoms. The van der Waals surface area contributed by atoms with Gasteiger partial charge in [0.1, 0.15) is 6.61 Å². The molecule has 0 radical (unpaired) electrons. The number of hydrogen-bond donors (Lipinski definition) is 1. The molecule has 0 aliphatic heterocycles. The molecule has 0 saturated heterocycles. The van der Waals surface area contributed by atoms with Gasteiger partial charge in [0.15, 0.2) is 11.6 Å². The Morgan fingerprint density at radius 3 is 2.73 bits per heavy atom. The predicted octanol–water partition coefficient (Wildman–Crippen LogP) is 1.49. The number of ether oxygens (including phenoxy) is 1. The molecule has 1 aromatic rings. The first-order valence-electron chi connectivity index (χ1n) is 3.92. The Hall–Kier alpha value is -1.40. The second-order valence-electron chi connectivity index (χ2n) is 2.51. The van der Waals surface area contributed by atoms with Crippen LogP contribution in [0.3, 0.4) is 0 Å². The zero-order valence-corrected chi connectivity index (χ0v) is 8.50. The number of nitro benzene ring substituents is 1. The average Bonchev–Trinajstić information content (AvgIpc) is 2.16. The molecule has 0 heterocycles. The van der Waals surface area contributed by atoms with Crippen LogP contribution in [0.2, 0.25) is 0 Å². The lowest BCUT2D eigenvalue weighted by atomic mass is 10.3. The molecule has 0 unspecified atom stereocenters. The molecule has 15 heavy (non-hydrogen) atoms. The average molecular weight is 237 g/mol. The predicted molar refractivity (Wildman–Crippen MR) is 54.9 cm³/mol. The van der Waals surface area contributed by atoms with E-state index in [1.807, 2.05) is 0 Å². The first-order chi connectivity index (χ1) is 6.65. The number of halogens is 2. The normalized spacial score (nSPS) is 9.20. The molecule has 0 bridgehead atoms. The van der Waals surface area contributed by atoms with E-state index in [2.05, 4.69) is 0 Å². The van der Waals surface area contributed by atoms with Gasteiger partial charge < -0.3 is 10.5 Å². The maximum Gasteiger partial charge on any atom is 0.273 e. The molecule has 0 aliphatic carbocycles. The summed E-state index contributed by atoms with van der Waals surface area (Å²) in [6.45, 7) is 0.347. The molecule has 0 atom stereocenters. The smallest absolute Gasteiger partial charge is 0.273 e. The molecule has 1 rings (SSSR count). The van der Waals surface area contributed by atoms with Gasteiger partial charge in [0.25, 0.3) is 5.69 Å². The second kappa shape index (κ2) is 6.15. The highest BCUT2D eigenvalue weighted by atomic mass is 35.5. The summed E-state index contributed by atoms with van der Waals surface area (Å²) in [5.41, 5.74) is 4.93. The van der Waals surface area contributed by atoms with E-state index < -0.39 is 10.7 Å². The Morgan fingerprint density at radius 1 is 1.53 bits per heavy atom. The van der Waals surface area contributed by atoms with Crippen LogP contribution in [0.5, 0.6) is 5.75 Å². The Labute approximate surface area is 91.6 Å². The van der Waals surface area contributed by atoms with E-state index in [0.29, 0.717) is 0 Å². The lowest BCUT2D eigenvalue weighted by Crippen LogP contribution is -2.11. The molecule has 2 N–H and O–H groups in total. The Balaban J connectivity index is 0.00000196. The first kappa shape index (κ1) is 13.6. The summed E-state index contributed by atoms with van der Waals surface area (Å²) >= 11 is 0. The van der Waals surface area contributed by atoms with E-state index in [1.165, 1.54) is 0 Å². The molecule has 0 fully saturated rings. The summed E-state index contributed by atoms with van der Waals surface area (Å²) in [6.07, 6.45) is 0. The fraction of sp³-hybridized carbons (Fsp3) is 0.250. The van der Waals surface area contributed by atoms with Gasteiger partial charge in [-0.1, -0.05) is 0 Å². The van der Waals surface area contributed by atoms with Crippen LogP contribution in [0.1, 0.15) is 0 Å². The van der Waals surface area contributed by atoms with Crippen molar-refractivity contribution in [3.8, 4) is 5.75 Å². The summed E-state index contributed by atoms with van der Waals surface area (Å²) in [4.78, 5) is 9.72. The SMILES string of the molecule is Cl.NCCOc1cc([N+](=O)[O-])ccc1F. The summed E-state index contributed by atoms with van der Waals surface area (Å²) in [6, 6.07) is 3.10. The quantitative estimate of drug-likeness (QED) is 0.635. The number of rotatable bonds is 4. The third kappa shape index (κ3) is 3.69. The van der Waals surface area contributed by atoms with Crippen molar-refractivity contribution in [1.82, 2.24) is 0 Å². The van der Waals surface area contributed by atoms with Gasteiger partial charge in [0.2, 0.25) is 0 Å². The van der Waals surface area contributed by atoms with E-state index in [4.69, 9.17) is 10.5 Å². The lowest BCUT2D eigenvalue weighted by molar-refractivity contribution is -0.385. The van der Waals surface area contributed by atoms with E-state index >= 15 is 0 Å². The number of non-ortho nitro benzene ring substituents is 1. The molecule has 0 saturated carbocycles. The van der Waals surface area contributed by atoms with Crippen molar-refractivity contribution in [3.63, 3.8) is 0 Å². The van der Waals surface area contributed by atoms with Gasteiger partial charge in [0, 0.05) is 12.6 Å². The Bertz CT molecular complexity index is 349.